The van der Waals surface area contributed by atoms with Crippen molar-refractivity contribution in [3.8, 4) is 0 Å². The first-order valence-electron chi connectivity index (χ1n) is 7.56. The van der Waals surface area contributed by atoms with Gasteiger partial charge in [0.25, 0.3) is 0 Å². The van der Waals surface area contributed by atoms with Crippen molar-refractivity contribution in [3.63, 3.8) is 0 Å². The Kier molecular flexibility index (Phi) is 4.88. The van der Waals surface area contributed by atoms with Crippen LogP contribution in [-0.4, -0.2) is 29.3 Å². The van der Waals surface area contributed by atoms with Gasteiger partial charge in [0.05, 0.1) is 0 Å². The van der Waals surface area contributed by atoms with Crippen molar-refractivity contribution in [2.45, 2.75) is 19.0 Å². The molecule has 1 fully saturated rings. The topological polar surface area (TPSA) is 49.4 Å². The van der Waals surface area contributed by atoms with Crippen LogP contribution in [0.25, 0.3) is 6.08 Å². The number of benzene rings is 1. The van der Waals surface area contributed by atoms with Gasteiger partial charge in [-0.2, -0.15) is 11.3 Å². The number of thiophene rings is 1. The lowest BCUT2D eigenvalue weighted by molar-refractivity contribution is -0.132. The van der Waals surface area contributed by atoms with Crippen molar-refractivity contribution in [3.05, 3.63) is 64.4 Å². The summed E-state index contributed by atoms with van der Waals surface area (Å²) in [7, 11) is 0. The normalized spacial score (nSPS) is 17.8. The van der Waals surface area contributed by atoms with Gasteiger partial charge in [-0.05, 0) is 40.5 Å². The Labute approximate surface area is 139 Å². The average Bonchev–Trinajstić information content (AvgIpc) is 3.19. The summed E-state index contributed by atoms with van der Waals surface area (Å²) in [4.78, 5) is 26.1. The Hall–Kier alpha value is -2.40. The molecule has 1 saturated heterocycles. The van der Waals surface area contributed by atoms with E-state index in [0.29, 0.717) is 19.5 Å². The number of rotatable bonds is 5. The van der Waals surface area contributed by atoms with Crippen LogP contribution in [0.4, 0.5) is 0 Å². The Balaban J connectivity index is 1.53. The van der Waals surface area contributed by atoms with E-state index in [1.54, 1.807) is 22.3 Å². The minimum absolute atomic E-state index is 0.00821. The third kappa shape index (κ3) is 4.07. The summed E-state index contributed by atoms with van der Waals surface area (Å²) in [5.41, 5.74) is 2.10. The van der Waals surface area contributed by atoms with Crippen LogP contribution in [-0.2, 0) is 16.1 Å². The SMILES string of the molecule is O=C(C=Cc1ccsc1)NC1CCN(Cc2ccccc2)C1=O. The standard InChI is InChI=1S/C18H18N2O2S/c21-17(7-6-15-9-11-23-13-15)19-16-8-10-20(18(16)22)12-14-4-2-1-3-5-14/h1-7,9,11,13,16H,8,10,12H2,(H,19,21). The molecule has 1 aromatic carbocycles. The third-order valence-electron chi connectivity index (χ3n) is 3.80. The van der Waals surface area contributed by atoms with Crippen LogP contribution in [0.5, 0.6) is 0 Å². The van der Waals surface area contributed by atoms with Crippen molar-refractivity contribution in [1.82, 2.24) is 10.2 Å². The van der Waals surface area contributed by atoms with Crippen molar-refractivity contribution < 1.29 is 9.59 Å². The van der Waals surface area contributed by atoms with Crippen LogP contribution in [0.3, 0.4) is 0 Å². The van der Waals surface area contributed by atoms with Crippen LogP contribution in [0.1, 0.15) is 17.5 Å². The number of hydrogen-bond donors (Lipinski definition) is 1. The monoisotopic (exact) mass is 326 g/mol. The first-order chi connectivity index (χ1) is 11.2. The average molecular weight is 326 g/mol. The van der Waals surface area contributed by atoms with Gasteiger partial charge in [0.15, 0.2) is 0 Å². The van der Waals surface area contributed by atoms with Gasteiger partial charge in [-0.3, -0.25) is 9.59 Å². The zero-order chi connectivity index (χ0) is 16.1. The fraction of sp³-hybridized carbons (Fsp3) is 0.222. The van der Waals surface area contributed by atoms with Crippen LogP contribution < -0.4 is 5.32 Å². The number of carbonyl (C=O) groups excluding carboxylic acids is 2. The number of nitrogens with one attached hydrogen (secondary N) is 1. The lowest BCUT2D eigenvalue weighted by atomic mass is 10.2. The molecule has 0 saturated carbocycles. The maximum Gasteiger partial charge on any atom is 0.245 e. The molecule has 118 valence electrons. The highest BCUT2D eigenvalue weighted by Gasteiger charge is 2.32. The molecule has 2 heterocycles. The van der Waals surface area contributed by atoms with Gasteiger partial charge in [0.1, 0.15) is 6.04 Å². The van der Waals surface area contributed by atoms with Gasteiger partial charge < -0.3 is 10.2 Å². The molecule has 1 aliphatic heterocycles. The molecule has 4 nitrogen and oxygen atoms in total. The van der Waals surface area contributed by atoms with Crippen LogP contribution in [0.2, 0.25) is 0 Å². The second-order valence-corrected chi connectivity index (χ2v) is 6.27. The van der Waals surface area contributed by atoms with Gasteiger partial charge in [-0.1, -0.05) is 30.3 Å². The number of nitrogens with zero attached hydrogens (tertiary/aromatic N) is 1. The summed E-state index contributed by atoms with van der Waals surface area (Å²) in [5.74, 6) is -0.234. The maximum absolute atomic E-state index is 12.4. The molecule has 0 aliphatic carbocycles. The van der Waals surface area contributed by atoms with E-state index in [9.17, 15) is 9.59 Å². The van der Waals surface area contributed by atoms with E-state index in [1.165, 1.54) is 6.08 Å². The van der Waals surface area contributed by atoms with E-state index < -0.39 is 6.04 Å². The summed E-state index contributed by atoms with van der Waals surface area (Å²) in [5, 5.41) is 6.72. The molecule has 3 rings (SSSR count). The Bertz CT molecular complexity index is 695. The molecule has 23 heavy (non-hydrogen) atoms. The number of likely N-dealkylation sites (tertiary alicyclic amines) is 1. The highest BCUT2D eigenvalue weighted by molar-refractivity contribution is 7.08. The van der Waals surface area contributed by atoms with Crippen molar-refractivity contribution >= 4 is 29.2 Å². The Morgan fingerprint density at radius 1 is 1.30 bits per heavy atom. The van der Waals surface area contributed by atoms with E-state index >= 15 is 0 Å². The van der Waals surface area contributed by atoms with Crippen molar-refractivity contribution in [2.24, 2.45) is 0 Å². The quantitative estimate of drug-likeness (QED) is 0.859. The minimum atomic E-state index is -0.418. The van der Waals surface area contributed by atoms with E-state index in [2.05, 4.69) is 5.32 Å². The summed E-state index contributed by atoms with van der Waals surface area (Å²) >= 11 is 1.58. The van der Waals surface area contributed by atoms with Crippen molar-refractivity contribution in [1.29, 1.82) is 0 Å². The molecule has 1 N–H and O–H groups in total. The predicted molar refractivity (Wildman–Crippen MR) is 91.8 cm³/mol. The largest absolute Gasteiger partial charge is 0.341 e. The molecule has 0 spiro atoms. The smallest absolute Gasteiger partial charge is 0.245 e. The highest BCUT2D eigenvalue weighted by atomic mass is 32.1. The van der Waals surface area contributed by atoms with E-state index in [1.807, 2.05) is 47.2 Å². The Morgan fingerprint density at radius 3 is 2.87 bits per heavy atom. The summed E-state index contributed by atoms with van der Waals surface area (Å²) in [6.45, 7) is 1.27. The van der Waals surface area contributed by atoms with Gasteiger partial charge in [-0.15, -0.1) is 0 Å². The number of hydrogen-bond acceptors (Lipinski definition) is 3. The first-order valence-corrected chi connectivity index (χ1v) is 8.50. The highest BCUT2D eigenvalue weighted by Crippen LogP contribution is 2.15. The molecule has 2 aromatic rings. The van der Waals surface area contributed by atoms with Gasteiger partial charge in [-0.25, -0.2) is 0 Å². The van der Waals surface area contributed by atoms with Gasteiger partial charge in [0, 0.05) is 19.2 Å². The number of carbonyl (C=O) groups is 2. The summed E-state index contributed by atoms with van der Waals surface area (Å²) in [6.07, 6.45) is 3.89. The summed E-state index contributed by atoms with van der Waals surface area (Å²) in [6, 6.07) is 11.4. The third-order valence-corrected chi connectivity index (χ3v) is 4.50. The molecule has 1 atom stereocenters. The maximum atomic E-state index is 12.4. The van der Waals surface area contributed by atoms with Gasteiger partial charge in [0.2, 0.25) is 11.8 Å². The molecule has 2 amide bonds. The fourth-order valence-corrected chi connectivity index (χ4v) is 3.22. The zero-order valence-corrected chi connectivity index (χ0v) is 13.5. The van der Waals surface area contributed by atoms with Crippen LogP contribution in [0, 0.1) is 0 Å². The van der Waals surface area contributed by atoms with Crippen LogP contribution >= 0.6 is 11.3 Å². The van der Waals surface area contributed by atoms with Gasteiger partial charge >= 0.3 is 0 Å². The molecular formula is C18H18N2O2S. The lowest BCUT2D eigenvalue weighted by Gasteiger charge is -2.16. The molecular weight excluding hydrogens is 308 g/mol. The summed E-state index contributed by atoms with van der Waals surface area (Å²) < 4.78 is 0. The molecule has 0 radical (unpaired) electrons. The molecule has 1 aromatic heterocycles. The number of amides is 2. The van der Waals surface area contributed by atoms with Crippen molar-refractivity contribution in [2.75, 3.05) is 6.54 Å². The zero-order valence-electron chi connectivity index (χ0n) is 12.6. The van der Waals surface area contributed by atoms with E-state index in [0.717, 1.165) is 11.1 Å². The first kappa shape index (κ1) is 15.5. The Morgan fingerprint density at radius 2 is 2.13 bits per heavy atom. The molecule has 1 unspecified atom stereocenters. The fourth-order valence-electron chi connectivity index (χ4n) is 2.60. The van der Waals surface area contributed by atoms with Crippen LogP contribution in [0.15, 0.2) is 53.2 Å². The molecule has 5 heteroatoms. The van der Waals surface area contributed by atoms with E-state index in [-0.39, 0.29) is 11.8 Å². The second-order valence-electron chi connectivity index (χ2n) is 5.49. The second kappa shape index (κ2) is 7.24. The minimum Gasteiger partial charge on any atom is -0.341 e. The predicted octanol–water partition coefficient (Wildman–Crippen LogP) is 2.68. The van der Waals surface area contributed by atoms with E-state index in [4.69, 9.17) is 0 Å². The molecule has 0 bridgehead atoms. The lowest BCUT2D eigenvalue weighted by Crippen LogP contribution is -2.40. The molecule has 1 aliphatic rings.